The molecule has 0 radical (unpaired) electrons. The summed E-state index contributed by atoms with van der Waals surface area (Å²) in [6, 6.07) is 14.7. The van der Waals surface area contributed by atoms with Crippen molar-refractivity contribution in [2.75, 3.05) is 4.90 Å². The van der Waals surface area contributed by atoms with Gasteiger partial charge >= 0.3 is 0 Å². The van der Waals surface area contributed by atoms with Crippen LogP contribution in [0.15, 0.2) is 60.8 Å². The number of anilines is 1. The number of benzene rings is 3. The highest BCUT2D eigenvalue weighted by Gasteiger charge is 2.38. The van der Waals surface area contributed by atoms with Gasteiger partial charge in [0.15, 0.2) is 14.1 Å². The normalized spacial score (nSPS) is 11.4. The molecule has 49 heavy (non-hydrogen) atoms. The van der Waals surface area contributed by atoms with Gasteiger partial charge in [-0.15, -0.1) is 0 Å². The molecule has 4 rings (SSSR count). The summed E-state index contributed by atoms with van der Waals surface area (Å²) in [6.45, 7) is 11.6. The molecule has 2 amide bonds. The molecular weight excluding hydrogens is 689 g/mol. The summed E-state index contributed by atoms with van der Waals surface area (Å²) in [6.07, 6.45) is 1.24. The third-order valence-corrected chi connectivity index (χ3v) is 13.5. The molecule has 0 unspecified atom stereocenters. The highest BCUT2D eigenvalue weighted by Crippen LogP contribution is 2.39. The molecule has 0 fully saturated rings. The molecule has 8 nitrogen and oxygen atoms in total. The van der Waals surface area contributed by atoms with E-state index in [2.05, 4.69) is 38.8 Å². The van der Waals surface area contributed by atoms with Gasteiger partial charge in [0.2, 0.25) is 0 Å². The highest BCUT2D eigenvalue weighted by molar-refractivity contribution is 6.74. The summed E-state index contributed by atoms with van der Waals surface area (Å²) in [4.78, 5) is 46.0. The minimum absolute atomic E-state index is 0.00480. The Labute approximate surface area is 293 Å². The maximum Gasteiger partial charge on any atom is 0.266 e. The first kappa shape index (κ1) is 37.0. The Morgan fingerprint density at radius 2 is 1.43 bits per heavy atom. The van der Waals surface area contributed by atoms with Crippen LogP contribution in [0.3, 0.4) is 0 Å². The predicted molar refractivity (Wildman–Crippen MR) is 185 cm³/mol. The molecule has 4 aromatic rings. The number of amides is 2. The maximum absolute atomic E-state index is 16.5. The van der Waals surface area contributed by atoms with Gasteiger partial charge < -0.3 is 4.43 Å². The number of aromatic nitrogens is 1. The lowest BCUT2D eigenvalue weighted by atomic mass is 9.97. The first-order chi connectivity index (χ1) is 22.9. The Balaban J connectivity index is 1.90. The SMILES string of the molecule is CC(=O)c1c(N(C(=O)c2cc(C#N)ccc2Cl)C(=O)c2cc(C#N)ccc2Cl)cc(F)c(-c2ccc(CO[Si](C)(C)C(C)(C)C)nc2)c1F. The van der Waals surface area contributed by atoms with Crippen molar-refractivity contribution < 1.29 is 27.6 Å². The molecule has 0 bridgehead atoms. The lowest BCUT2D eigenvalue weighted by Gasteiger charge is -2.36. The van der Waals surface area contributed by atoms with Crippen LogP contribution in [0.5, 0.6) is 0 Å². The minimum Gasteiger partial charge on any atom is -0.411 e. The molecule has 0 aliphatic rings. The van der Waals surface area contributed by atoms with E-state index in [4.69, 9.17) is 27.6 Å². The van der Waals surface area contributed by atoms with E-state index in [1.54, 1.807) is 6.07 Å². The summed E-state index contributed by atoms with van der Waals surface area (Å²) in [5, 5.41) is 18.4. The summed E-state index contributed by atoms with van der Waals surface area (Å²) in [5.74, 6) is -5.95. The Morgan fingerprint density at radius 3 is 1.86 bits per heavy atom. The van der Waals surface area contributed by atoms with Gasteiger partial charge in [-0.2, -0.15) is 10.5 Å². The number of hydrogen-bond donors (Lipinski definition) is 0. The number of nitriles is 2. The van der Waals surface area contributed by atoms with Crippen LogP contribution in [0.25, 0.3) is 11.1 Å². The lowest BCUT2D eigenvalue weighted by molar-refractivity contribution is 0.0897. The summed E-state index contributed by atoms with van der Waals surface area (Å²) < 4.78 is 38.7. The first-order valence-corrected chi connectivity index (χ1v) is 18.5. The summed E-state index contributed by atoms with van der Waals surface area (Å²) in [7, 11) is -2.11. The number of rotatable bonds is 8. The Bertz CT molecular complexity index is 2010. The number of halogens is 4. The van der Waals surface area contributed by atoms with E-state index < -0.39 is 54.4 Å². The standard InChI is InChI=1S/C36H30Cl2F2N4O4Si/c1-20(45)31-30(15-29(39)32(33(31)40)23-9-10-24(43-18-23)19-48-49(5,6)36(2,3)4)44(34(46)25-13-21(16-41)7-11-27(25)37)35(47)26-14-22(17-42)8-12-28(26)38/h7-15,18H,19H2,1-6H3. The molecule has 0 saturated carbocycles. The summed E-state index contributed by atoms with van der Waals surface area (Å²) >= 11 is 12.6. The molecule has 0 atom stereocenters. The van der Waals surface area contributed by atoms with E-state index in [1.165, 1.54) is 36.5 Å². The molecule has 1 heterocycles. The molecular formula is C36H30Cl2F2N4O4Si. The Morgan fingerprint density at radius 1 is 0.898 bits per heavy atom. The quantitative estimate of drug-likeness (QED) is 0.101. The van der Waals surface area contributed by atoms with Gasteiger partial charge in [0.25, 0.3) is 11.8 Å². The predicted octanol–water partition coefficient (Wildman–Crippen LogP) is 9.29. The van der Waals surface area contributed by atoms with Crippen molar-refractivity contribution in [1.82, 2.24) is 4.98 Å². The topological polar surface area (TPSA) is 124 Å². The van der Waals surface area contributed by atoms with Gasteiger partial charge in [-0.1, -0.05) is 50.0 Å². The van der Waals surface area contributed by atoms with Gasteiger partial charge in [-0.3, -0.25) is 19.4 Å². The van der Waals surface area contributed by atoms with Crippen molar-refractivity contribution in [3.8, 4) is 23.3 Å². The molecule has 1 aromatic heterocycles. The zero-order valence-electron chi connectivity index (χ0n) is 27.4. The van der Waals surface area contributed by atoms with Crippen molar-refractivity contribution in [3.63, 3.8) is 0 Å². The molecule has 3 aromatic carbocycles. The zero-order chi connectivity index (χ0) is 36.4. The van der Waals surface area contributed by atoms with Crippen LogP contribution < -0.4 is 4.90 Å². The van der Waals surface area contributed by atoms with E-state index in [1.807, 2.05) is 12.1 Å². The summed E-state index contributed by atoms with van der Waals surface area (Å²) in [5.41, 5.74) is -2.40. The molecule has 0 N–H and O–H groups in total. The van der Waals surface area contributed by atoms with Gasteiger partial charge in [0.1, 0.15) is 11.6 Å². The maximum atomic E-state index is 16.5. The second-order valence-electron chi connectivity index (χ2n) is 12.6. The highest BCUT2D eigenvalue weighted by atomic mass is 35.5. The fourth-order valence-corrected chi connectivity index (χ4v) is 5.92. The smallest absolute Gasteiger partial charge is 0.266 e. The molecule has 0 aliphatic carbocycles. The Hall–Kier alpha value is -4.78. The van der Waals surface area contributed by atoms with E-state index in [0.29, 0.717) is 16.7 Å². The number of Topliss-reactive ketones (excluding diaryl/α,β-unsaturated/α-hetero) is 1. The van der Waals surface area contributed by atoms with Crippen LogP contribution in [-0.2, 0) is 11.0 Å². The van der Waals surface area contributed by atoms with Crippen molar-refractivity contribution in [3.05, 3.63) is 116 Å². The largest absolute Gasteiger partial charge is 0.411 e. The molecule has 13 heteroatoms. The van der Waals surface area contributed by atoms with Gasteiger partial charge in [0, 0.05) is 11.8 Å². The first-order valence-electron chi connectivity index (χ1n) is 14.8. The van der Waals surface area contributed by atoms with Crippen LogP contribution in [0.1, 0.15) is 75.6 Å². The second kappa shape index (κ2) is 14.4. The number of carbonyl (C=O) groups is 3. The van der Waals surface area contributed by atoms with Crippen LogP contribution in [0, 0.1) is 34.3 Å². The van der Waals surface area contributed by atoms with Crippen molar-refractivity contribution in [1.29, 1.82) is 10.5 Å². The van der Waals surface area contributed by atoms with Crippen LogP contribution in [-0.4, -0.2) is 30.9 Å². The third-order valence-electron chi connectivity index (χ3n) is 8.35. The number of ketones is 1. The molecule has 0 spiro atoms. The van der Waals surface area contributed by atoms with E-state index in [9.17, 15) is 24.9 Å². The van der Waals surface area contributed by atoms with Crippen molar-refractivity contribution >= 4 is 54.8 Å². The minimum atomic E-state index is -2.11. The van der Waals surface area contributed by atoms with E-state index in [-0.39, 0.29) is 49.5 Å². The van der Waals surface area contributed by atoms with Crippen molar-refractivity contribution in [2.45, 2.75) is 52.4 Å². The third kappa shape index (κ3) is 7.61. The van der Waals surface area contributed by atoms with Crippen LogP contribution >= 0.6 is 23.2 Å². The van der Waals surface area contributed by atoms with Crippen LogP contribution in [0.4, 0.5) is 14.5 Å². The monoisotopic (exact) mass is 718 g/mol. The van der Waals surface area contributed by atoms with Gasteiger partial charge in [0.05, 0.1) is 73.6 Å². The number of pyridine rings is 1. The number of imide groups is 1. The molecule has 250 valence electrons. The Kier molecular flexibility index (Phi) is 10.9. The average Bonchev–Trinajstić information content (AvgIpc) is 3.04. The zero-order valence-corrected chi connectivity index (χ0v) is 29.9. The average molecular weight is 720 g/mol. The van der Waals surface area contributed by atoms with E-state index >= 15 is 8.78 Å². The lowest BCUT2D eigenvalue weighted by Crippen LogP contribution is -2.40. The number of carbonyl (C=O) groups excluding carboxylic acids is 3. The molecule has 0 saturated heterocycles. The fourth-order valence-electron chi connectivity index (χ4n) is 4.58. The van der Waals surface area contributed by atoms with E-state index in [0.717, 1.165) is 19.1 Å². The van der Waals surface area contributed by atoms with Gasteiger partial charge in [-0.25, -0.2) is 13.7 Å². The second-order valence-corrected chi connectivity index (χ2v) is 18.3. The van der Waals surface area contributed by atoms with Crippen molar-refractivity contribution in [2.24, 2.45) is 0 Å². The fraction of sp³-hybridized carbons (Fsp3) is 0.222. The van der Waals surface area contributed by atoms with Gasteiger partial charge in [-0.05, 0) is 73.6 Å². The molecule has 0 aliphatic heterocycles. The van der Waals surface area contributed by atoms with Crippen LogP contribution in [0.2, 0.25) is 28.2 Å². The number of hydrogen-bond acceptors (Lipinski definition) is 7. The number of nitrogens with zero attached hydrogens (tertiary/aromatic N) is 4.